The molecule has 7 heteroatoms. The van der Waals surface area contributed by atoms with Gasteiger partial charge < -0.3 is 14.6 Å². The highest BCUT2D eigenvalue weighted by Gasteiger charge is 2.16. The Kier molecular flexibility index (Phi) is 7.61. The van der Waals surface area contributed by atoms with Crippen LogP contribution in [-0.4, -0.2) is 26.4 Å². The molecule has 3 rings (SSSR count). The van der Waals surface area contributed by atoms with E-state index in [2.05, 4.69) is 48.4 Å². The van der Waals surface area contributed by atoms with Crippen LogP contribution in [0.1, 0.15) is 50.2 Å². The van der Waals surface area contributed by atoms with E-state index in [1.807, 2.05) is 55.7 Å². The monoisotopic (exact) mass is 452 g/mol. The van der Waals surface area contributed by atoms with Crippen molar-refractivity contribution in [3.63, 3.8) is 0 Å². The molecule has 1 amide bonds. The SMILES string of the molecule is CCn1c(COc2ccc(C(C)(C)C)cc2)nnc1SCC(=O)Nc1cccc(C)c1C. The fourth-order valence-electron chi connectivity index (χ4n) is 3.25. The molecule has 0 unspecified atom stereocenters. The molecule has 0 bridgehead atoms. The summed E-state index contributed by atoms with van der Waals surface area (Å²) in [5, 5.41) is 12.3. The number of hydrogen-bond donors (Lipinski definition) is 1. The van der Waals surface area contributed by atoms with Gasteiger partial charge >= 0.3 is 0 Å². The molecule has 0 saturated carbocycles. The summed E-state index contributed by atoms with van der Waals surface area (Å²) in [6.07, 6.45) is 0. The number of aromatic nitrogens is 3. The Bertz CT molecular complexity index is 1070. The van der Waals surface area contributed by atoms with E-state index in [4.69, 9.17) is 4.74 Å². The standard InChI is InChI=1S/C25H32N4O2S/c1-7-29-22(15-31-20-13-11-19(12-14-20)25(4,5)6)27-28-24(29)32-16-23(30)26-21-10-8-9-17(2)18(21)3/h8-14H,7,15-16H2,1-6H3,(H,26,30). The van der Waals surface area contributed by atoms with Crippen LogP contribution in [0.25, 0.3) is 0 Å². The van der Waals surface area contributed by atoms with Crippen molar-refractivity contribution < 1.29 is 9.53 Å². The van der Waals surface area contributed by atoms with Crippen molar-refractivity contribution in [1.82, 2.24) is 14.8 Å². The van der Waals surface area contributed by atoms with E-state index in [9.17, 15) is 4.79 Å². The maximum absolute atomic E-state index is 12.5. The number of thioether (sulfide) groups is 1. The maximum Gasteiger partial charge on any atom is 0.234 e. The van der Waals surface area contributed by atoms with Crippen LogP contribution in [0.3, 0.4) is 0 Å². The minimum absolute atomic E-state index is 0.0638. The Morgan fingerprint density at radius 3 is 2.47 bits per heavy atom. The third-order valence-electron chi connectivity index (χ3n) is 5.41. The normalized spacial score (nSPS) is 11.4. The van der Waals surface area contributed by atoms with Crippen LogP contribution in [0.4, 0.5) is 5.69 Å². The van der Waals surface area contributed by atoms with Crippen LogP contribution in [0.5, 0.6) is 5.75 Å². The number of benzene rings is 2. The summed E-state index contributed by atoms with van der Waals surface area (Å²) in [7, 11) is 0. The molecular formula is C25H32N4O2S. The van der Waals surface area contributed by atoms with Crippen LogP contribution in [0.15, 0.2) is 47.6 Å². The van der Waals surface area contributed by atoms with Gasteiger partial charge in [0.05, 0.1) is 5.75 Å². The van der Waals surface area contributed by atoms with Crippen molar-refractivity contribution in [3.05, 3.63) is 65.0 Å². The molecule has 0 fully saturated rings. The summed E-state index contributed by atoms with van der Waals surface area (Å²) < 4.78 is 7.92. The molecular weight excluding hydrogens is 420 g/mol. The first-order valence-corrected chi connectivity index (χ1v) is 11.8. The zero-order valence-electron chi connectivity index (χ0n) is 19.7. The average molecular weight is 453 g/mol. The van der Waals surface area contributed by atoms with Gasteiger partial charge in [0.2, 0.25) is 5.91 Å². The largest absolute Gasteiger partial charge is 0.486 e. The minimum Gasteiger partial charge on any atom is -0.486 e. The van der Waals surface area contributed by atoms with E-state index in [1.165, 1.54) is 17.3 Å². The number of anilines is 1. The first-order chi connectivity index (χ1) is 15.2. The van der Waals surface area contributed by atoms with Crippen LogP contribution in [0, 0.1) is 13.8 Å². The molecule has 0 aliphatic heterocycles. The van der Waals surface area contributed by atoms with Crippen LogP contribution in [-0.2, 0) is 23.4 Å². The quantitative estimate of drug-likeness (QED) is 0.456. The van der Waals surface area contributed by atoms with Gasteiger partial charge in [-0.2, -0.15) is 0 Å². The van der Waals surface area contributed by atoms with Gasteiger partial charge in [0, 0.05) is 12.2 Å². The van der Waals surface area contributed by atoms with Crippen molar-refractivity contribution in [2.24, 2.45) is 0 Å². The number of nitrogens with zero attached hydrogens (tertiary/aromatic N) is 3. The van der Waals surface area contributed by atoms with E-state index < -0.39 is 0 Å². The molecule has 170 valence electrons. The van der Waals surface area contributed by atoms with Gasteiger partial charge in [-0.25, -0.2) is 0 Å². The van der Waals surface area contributed by atoms with Gasteiger partial charge in [-0.15, -0.1) is 10.2 Å². The number of carbonyl (C=O) groups excluding carboxylic acids is 1. The topological polar surface area (TPSA) is 69.0 Å². The predicted molar refractivity (Wildman–Crippen MR) is 130 cm³/mol. The minimum atomic E-state index is -0.0638. The Labute approximate surface area is 194 Å². The Morgan fingerprint density at radius 2 is 1.81 bits per heavy atom. The second kappa shape index (κ2) is 10.2. The van der Waals surface area contributed by atoms with Gasteiger partial charge in [-0.1, -0.05) is 56.8 Å². The molecule has 0 spiro atoms. The number of nitrogens with one attached hydrogen (secondary N) is 1. The van der Waals surface area contributed by atoms with Crippen molar-refractivity contribution in [2.45, 2.75) is 65.3 Å². The molecule has 0 aliphatic carbocycles. The molecule has 3 aromatic rings. The van der Waals surface area contributed by atoms with Gasteiger partial charge in [-0.05, 0) is 61.1 Å². The maximum atomic E-state index is 12.5. The molecule has 1 aromatic heterocycles. The average Bonchev–Trinajstić information content (AvgIpc) is 3.15. The molecule has 0 saturated heterocycles. The second-order valence-corrected chi connectivity index (χ2v) is 9.73. The molecule has 2 aromatic carbocycles. The van der Waals surface area contributed by atoms with E-state index in [0.29, 0.717) is 18.3 Å². The van der Waals surface area contributed by atoms with Crippen LogP contribution >= 0.6 is 11.8 Å². The second-order valence-electron chi connectivity index (χ2n) is 8.79. The highest BCUT2D eigenvalue weighted by Crippen LogP contribution is 2.25. The molecule has 6 nitrogen and oxygen atoms in total. The Balaban J connectivity index is 1.58. The number of hydrogen-bond acceptors (Lipinski definition) is 5. The van der Waals surface area contributed by atoms with Crippen LogP contribution < -0.4 is 10.1 Å². The number of aryl methyl sites for hydroxylation is 1. The first-order valence-electron chi connectivity index (χ1n) is 10.8. The summed E-state index contributed by atoms with van der Waals surface area (Å²) >= 11 is 1.38. The van der Waals surface area contributed by atoms with E-state index >= 15 is 0 Å². The smallest absolute Gasteiger partial charge is 0.234 e. The molecule has 0 radical (unpaired) electrons. The van der Waals surface area contributed by atoms with Gasteiger partial charge in [-0.3, -0.25) is 4.79 Å². The Morgan fingerprint density at radius 1 is 1.09 bits per heavy atom. The van der Waals surface area contributed by atoms with E-state index in [-0.39, 0.29) is 17.1 Å². The number of rotatable bonds is 8. The number of carbonyl (C=O) groups is 1. The molecule has 1 heterocycles. The van der Waals surface area contributed by atoms with Gasteiger partial charge in [0.25, 0.3) is 0 Å². The van der Waals surface area contributed by atoms with Crippen molar-refractivity contribution in [2.75, 3.05) is 11.1 Å². The third kappa shape index (κ3) is 5.91. The lowest BCUT2D eigenvalue weighted by Gasteiger charge is -2.19. The lowest BCUT2D eigenvalue weighted by molar-refractivity contribution is -0.113. The first kappa shape index (κ1) is 23.9. The molecule has 0 aliphatic rings. The summed E-state index contributed by atoms with van der Waals surface area (Å²) in [5.74, 6) is 1.74. The Hall–Kier alpha value is -2.80. The van der Waals surface area contributed by atoms with E-state index in [1.54, 1.807) is 0 Å². The fourth-order valence-corrected chi connectivity index (χ4v) is 4.07. The zero-order chi connectivity index (χ0) is 23.3. The van der Waals surface area contributed by atoms with Crippen molar-refractivity contribution in [3.8, 4) is 5.75 Å². The third-order valence-corrected chi connectivity index (χ3v) is 6.38. The van der Waals surface area contributed by atoms with Crippen molar-refractivity contribution in [1.29, 1.82) is 0 Å². The van der Waals surface area contributed by atoms with Gasteiger partial charge in [0.1, 0.15) is 12.4 Å². The number of ether oxygens (including phenoxy) is 1. The van der Waals surface area contributed by atoms with Crippen molar-refractivity contribution >= 4 is 23.4 Å². The lowest BCUT2D eigenvalue weighted by atomic mass is 9.87. The highest BCUT2D eigenvalue weighted by molar-refractivity contribution is 7.99. The predicted octanol–water partition coefficient (Wildman–Crippen LogP) is 5.52. The van der Waals surface area contributed by atoms with E-state index in [0.717, 1.165) is 28.4 Å². The molecule has 0 atom stereocenters. The summed E-state index contributed by atoms with van der Waals surface area (Å²) in [5.41, 5.74) is 4.45. The molecule has 32 heavy (non-hydrogen) atoms. The zero-order valence-corrected chi connectivity index (χ0v) is 20.5. The lowest BCUT2D eigenvalue weighted by Crippen LogP contribution is -2.16. The number of amides is 1. The summed E-state index contributed by atoms with van der Waals surface area (Å²) in [6.45, 7) is 13.7. The summed E-state index contributed by atoms with van der Waals surface area (Å²) in [4.78, 5) is 12.5. The molecule has 1 N–H and O–H groups in total. The highest BCUT2D eigenvalue weighted by atomic mass is 32.2. The van der Waals surface area contributed by atoms with Gasteiger partial charge in [0.15, 0.2) is 11.0 Å². The fraction of sp³-hybridized carbons (Fsp3) is 0.400. The summed E-state index contributed by atoms with van der Waals surface area (Å²) in [6, 6.07) is 14.1. The van der Waals surface area contributed by atoms with Crippen LogP contribution in [0.2, 0.25) is 0 Å².